The zero-order valence-electron chi connectivity index (χ0n) is 20.6. The monoisotopic (exact) mass is 477 g/mol. The molecule has 35 heavy (non-hydrogen) atoms. The molecule has 4 rings (SSSR count). The summed E-state index contributed by atoms with van der Waals surface area (Å²) in [7, 11) is 0. The van der Waals surface area contributed by atoms with Crippen LogP contribution < -0.4 is 0 Å². The molecule has 0 aromatic heterocycles. The number of ether oxygens (including phenoxy) is 1. The van der Waals surface area contributed by atoms with Gasteiger partial charge in [0.25, 0.3) is 0 Å². The molecule has 5 nitrogen and oxygen atoms in total. The predicted octanol–water partition coefficient (Wildman–Crippen LogP) is 5.68. The molecule has 2 fully saturated rings. The van der Waals surface area contributed by atoms with Crippen LogP contribution in [0.2, 0.25) is 0 Å². The summed E-state index contributed by atoms with van der Waals surface area (Å²) in [6.45, 7) is 2.66. The molecule has 2 N–H and O–H groups in total. The number of rotatable bonds is 11. The quantitative estimate of drug-likeness (QED) is 0.408. The van der Waals surface area contributed by atoms with E-state index < -0.39 is 5.97 Å². The third-order valence-corrected chi connectivity index (χ3v) is 7.48. The van der Waals surface area contributed by atoms with E-state index in [0.29, 0.717) is 19.4 Å². The molecule has 0 spiro atoms. The summed E-state index contributed by atoms with van der Waals surface area (Å²) in [5.41, 5.74) is 3.55. The number of hydrogen-bond donors (Lipinski definition) is 2. The zero-order valence-corrected chi connectivity index (χ0v) is 20.6. The Balaban J connectivity index is 1.37. The number of carboxylic acid groups (broad SMARTS) is 1. The van der Waals surface area contributed by atoms with E-state index in [9.17, 15) is 9.90 Å². The normalized spacial score (nSPS) is 25.3. The Morgan fingerprint density at radius 2 is 1.63 bits per heavy atom. The molecule has 4 atom stereocenters. The highest BCUT2D eigenvalue weighted by atomic mass is 16.5. The van der Waals surface area contributed by atoms with Crippen LogP contribution in [0.3, 0.4) is 0 Å². The molecule has 1 saturated heterocycles. The van der Waals surface area contributed by atoms with Crippen LogP contribution in [0.4, 0.5) is 0 Å². The van der Waals surface area contributed by atoms with Crippen LogP contribution in [0.15, 0.2) is 66.7 Å². The molecule has 1 aliphatic carbocycles. The van der Waals surface area contributed by atoms with Gasteiger partial charge >= 0.3 is 5.97 Å². The molecule has 0 bridgehead atoms. The van der Waals surface area contributed by atoms with Gasteiger partial charge in [-0.25, -0.2) is 0 Å². The first kappa shape index (κ1) is 25.6. The van der Waals surface area contributed by atoms with Crippen molar-refractivity contribution in [1.82, 2.24) is 4.90 Å². The number of nitrogens with zero attached hydrogens (tertiary/aromatic N) is 1. The van der Waals surface area contributed by atoms with Crippen LogP contribution in [0.1, 0.15) is 56.9 Å². The topological polar surface area (TPSA) is 70.0 Å². The lowest BCUT2D eigenvalue weighted by Crippen LogP contribution is -2.47. The summed E-state index contributed by atoms with van der Waals surface area (Å²) in [5, 5.41) is 19.9. The highest BCUT2D eigenvalue weighted by Gasteiger charge is 2.45. The number of piperidine rings is 1. The van der Waals surface area contributed by atoms with Gasteiger partial charge in [-0.05, 0) is 61.9 Å². The molecule has 2 aromatic carbocycles. The van der Waals surface area contributed by atoms with Gasteiger partial charge in [0.2, 0.25) is 0 Å². The Hall–Kier alpha value is -2.47. The first-order valence-corrected chi connectivity index (χ1v) is 13.2. The fraction of sp³-hybridized carbons (Fsp3) is 0.500. The van der Waals surface area contributed by atoms with Gasteiger partial charge in [0, 0.05) is 24.8 Å². The first-order valence-electron chi connectivity index (χ1n) is 13.2. The Bertz CT molecular complexity index is 937. The van der Waals surface area contributed by atoms with E-state index in [1.54, 1.807) is 0 Å². The molecular weight excluding hydrogens is 438 g/mol. The summed E-state index contributed by atoms with van der Waals surface area (Å²) in [4.78, 5) is 13.2. The van der Waals surface area contributed by atoms with E-state index in [2.05, 4.69) is 59.5 Å². The molecule has 2 aliphatic rings. The molecule has 1 saturated carbocycles. The van der Waals surface area contributed by atoms with Gasteiger partial charge in [-0.1, -0.05) is 73.2 Å². The first-order chi connectivity index (χ1) is 17.1. The second-order valence-corrected chi connectivity index (χ2v) is 9.95. The minimum Gasteiger partial charge on any atom is -0.481 e. The highest BCUT2D eigenvalue weighted by Crippen LogP contribution is 2.38. The van der Waals surface area contributed by atoms with Gasteiger partial charge in [-0.3, -0.25) is 9.69 Å². The van der Waals surface area contributed by atoms with Gasteiger partial charge in [0.1, 0.15) is 0 Å². The summed E-state index contributed by atoms with van der Waals surface area (Å²) < 4.78 is 6.46. The number of aliphatic hydroxyl groups excluding tert-OH is 1. The maximum absolute atomic E-state index is 11.0. The van der Waals surface area contributed by atoms with Crippen molar-refractivity contribution in [3.8, 4) is 11.1 Å². The molecule has 0 radical (unpaired) electrons. The summed E-state index contributed by atoms with van der Waals surface area (Å²) in [6.07, 6.45) is 10.6. The predicted molar refractivity (Wildman–Crippen MR) is 139 cm³/mol. The van der Waals surface area contributed by atoms with Crippen molar-refractivity contribution in [1.29, 1.82) is 0 Å². The number of aliphatic carboxylic acids is 1. The SMILES string of the molecule is O=C(O)CC/C=C\CC[C@H]1[C@@H](N2CCCCC2)[C@@H](O)C[C@@H]1OCc1ccc(-c2ccccc2)cc1. The van der Waals surface area contributed by atoms with Crippen molar-refractivity contribution in [3.05, 3.63) is 72.3 Å². The number of allylic oxidation sites excluding steroid dienone is 2. The summed E-state index contributed by atoms with van der Waals surface area (Å²) in [6, 6.07) is 19.1. The van der Waals surface area contributed by atoms with Crippen LogP contribution in [0.25, 0.3) is 11.1 Å². The number of carbonyl (C=O) groups is 1. The molecule has 0 unspecified atom stereocenters. The number of carboxylic acids is 1. The molecule has 2 aromatic rings. The van der Waals surface area contributed by atoms with E-state index in [1.807, 2.05) is 12.1 Å². The van der Waals surface area contributed by atoms with Crippen molar-refractivity contribution in [2.24, 2.45) is 5.92 Å². The molecule has 1 heterocycles. The van der Waals surface area contributed by atoms with Crippen LogP contribution in [0, 0.1) is 5.92 Å². The van der Waals surface area contributed by atoms with E-state index in [4.69, 9.17) is 9.84 Å². The Labute approximate surface area is 209 Å². The van der Waals surface area contributed by atoms with Crippen molar-refractivity contribution in [2.75, 3.05) is 13.1 Å². The third kappa shape index (κ3) is 7.26. The van der Waals surface area contributed by atoms with E-state index >= 15 is 0 Å². The van der Waals surface area contributed by atoms with Gasteiger partial charge in [0.05, 0.1) is 18.8 Å². The minimum absolute atomic E-state index is 0.0261. The Kier molecular flexibility index (Phi) is 9.52. The number of aliphatic hydroxyl groups is 1. The average Bonchev–Trinajstić information content (AvgIpc) is 3.20. The fourth-order valence-corrected chi connectivity index (χ4v) is 5.69. The van der Waals surface area contributed by atoms with Crippen molar-refractivity contribution in [2.45, 2.75) is 76.2 Å². The second kappa shape index (κ2) is 13.0. The maximum Gasteiger partial charge on any atom is 0.303 e. The molecule has 0 amide bonds. The van der Waals surface area contributed by atoms with Gasteiger partial charge in [-0.15, -0.1) is 0 Å². The number of hydrogen-bond acceptors (Lipinski definition) is 4. The van der Waals surface area contributed by atoms with Gasteiger partial charge in [0.15, 0.2) is 0 Å². The summed E-state index contributed by atoms with van der Waals surface area (Å²) in [5.74, 6) is -0.486. The van der Waals surface area contributed by atoms with Crippen molar-refractivity contribution < 1.29 is 19.7 Å². The molecular formula is C30H39NO4. The van der Waals surface area contributed by atoms with Crippen molar-refractivity contribution in [3.63, 3.8) is 0 Å². The van der Waals surface area contributed by atoms with Crippen LogP contribution in [-0.4, -0.2) is 52.4 Å². The van der Waals surface area contributed by atoms with E-state index in [-0.39, 0.29) is 30.6 Å². The van der Waals surface area contributed by atoms with E-state index in [1.165, 1.54) is 30.4 Å². The van der Waals surface area contributed by atoms with Gasteiger partial charge < -0.3 is 14.9 Å². The lowest BCUT2D eigenvalue weighted by atomic mass is 9.92. The molecule has 188 valence electrons. The second-order valence-electron chi connectivity index (χ2n) is 9.95. The smallest absolute Gasteiger partial charge is 0.303 e. The molecule has 5 heteroatoms. The Morgan fingerprint density at radius 3 is 2.34 bits per heavy atom. The number of likely N-dealkylation sites (tertiary alicyclic amines) is 1. The third-order valence-electron chi connectivity index (χ3n) is 7.48. The highest BCUT2D eigenvalue weighted by molar-refractivity contribution is 5.66. The average molecular weight is 478 g/mol. The van der Waals surface area contributed by atoms with Crippen molar-refractivity contribution >= 4 is 5.97 Å². The standard InChI is InChI=1S/C30H39NO4/c32-27-21-28(35-22-23-15-17-25(18-16-23)24-11-5-3-6-12-24)26(13-7-1-2-8-14-29(33)34)30(27)31-19-9-4-10-20-31/h1-3,5-6,11-12,15-18,26-28,30,32H,4,7-10,13-14,19-22H2,(H,33,34)/b2-1-/t26-,27+,28+,30-/m1/s1. The lowest BCUT2D eigenvalue weighted by Gasteiger charge is -2.38. The maximum atomic E-state index is 11.0. The van der Waals surface area contributed by atoms with Crippen LogP contribution in [0.5, 0.6) is 0 Å². The lowest BCUT2D eigenvalue weighted by molar-refractivity contribution is -0.136. The Morgan fingerprint density at radius 1 is 0.943 bits per heavy atom. The van der Waals surface area contributed by atoms with Crippen LogP contribution >= 0.6 is 0 Å². The molecule has 1 aliphatic heterocycles. The minimum atomic E-state index is -0.760. The van der Waals surface area contributed by atoms with Crippen LogP contribution in [-0.2, 0) is 16.1 Å². The zero-order chi connectivity index (χ0) is 24.5. The largest absolute Gasteiger partial charge is 0.481 e. The summed E-state index contributed by atoms with van der Waals surface area (Å²) >= 11 is 0. The van der Waals surface area contributed by atoms with Gasteiger partial charge in [-0.2, -0.15) is 0 Å². The fourth-order valence-electron chi connectivity index (χ4n) is 5.69. The van der Waals surface area contributed by atoms with E-state index in [0.717, 1.165) is 31.5 Å². The number of benzene rings is 2.